The molecule has 0 heterocycles. The van der Waals surface area contributed by atoms with E-state index in [1.807, 2.05) is 43.3 Å². The third-order valence-electron chi connectivity index (χ3n) is 2.82. The highest BCUT2D eigenvalue weighted by Gasteiger charge is 2.07. The normalized spacial score (nSPS) is 10.3. The molecule has 0 aliphatic heterocycles. The van der Waals surface area contributed by atoms with Crippen molar-refractivity contribution in [3.63, 3.8) is 0 Å². The van der Waals surface area contributed by atoms with Crippen molar-refractivity contribution in [3.8, 4) is 11.5 Å². The highest BCUT2D eigenvalue weighted by molar-refractivity contribution is 5.59. The molecule has 0 saturated heterocycles. The van der Waals surface area contributed by atoms with E-state index in [0.717, 1.165) is 17.5 Å². The second-order valence-electron chi connectivity index (χ2n) is 4.15. The molecule has 3 nitrogen and oxygen atoms in total. The van der Waals surface area contributed by atoms with Crippen LogP contribution in [0.2, 0.25) is 0 Å². The molecule has 0 saturated carbocycles. The molecular formula is C15H17NO2. The fraction of sp³-hybridized carbons (Fsp3) is 0.200. The predicted octanol–water partition coefficient (Wildman–Crippen LogP) is 3.12. The van der Waals surface area contributed by atoms with Crippen LogP contribution in [0.15, 0.2) is 42.5 Å². The van der Waals surface area contributed by atoms with E-state index in [1.54, 1.807) is 6.07 Å². The van der Waals surface area contributed by atoms with Crippen molar-refractivity contribution in [1.29, 1.82) is 0 Å². The lowest BCUT2D eigenvalue weighted by atomic mass is 10.1. The molecule has 0 amide bonds. The van der Waals surface area contributed by atoms with E-state index in [9.17, 15) is 5.11 Å². The average Bonchev–Trinajstić information content (AvgIpc) is 2.41. The molecule has 0 aromatic heterocycles. The highest BCUT2D eigenvalue weighted by atomic mass is 16.5. The maximum Gasteiger partial charge on any atom is 0.141 e. The zero-order chi connectivity index (χ0) is 13.0. The van der Waals surface area contributed by atoms with Crippen LogP contribution in [-0.2, 0) is 13.0 Å². The first kappa shape index (κ1) is 12.3. The number of aromatic hydroxyl groups is 1. The van der Waals surface area contributed by atoms with Gasteiger partial charge >= 0.3 is 0 Å². The van der Waals surface area contributed by atoms with Crippen LogP contribution < -0.4 is 10.5 Å². The summed E-state index contributed by atoms with van der Waals surface area (Å²) >= 11 is 0. The summed E-state index contributed by atoms with van der Waals surface area (Å²) in [6.07, 6.45) is 0.721. The monoisotopic (exact) mass is 243 g/mol. The number of phenolic OH excluding ortho intramolecular Hbond substituents is 1. The minimum atomic E-state index is 0.157. The summed E-state index contributed by atoms with van der Waals surface area (Å²) in [5.74, 6) is 0.843. The number of phenols is 1. The van der Waals surface area contributed by atoms with E-state index in [1.165, 1.54) is 0 Å². The molecule has 0 bridgehead atoms. The number of rotatable bonds is 4. The van der Waals surface area contributed by atoms with Crippen molar-refractivity contribution in [3.05, 3.63) is 53.6 Å². The van der Waals surface area contributed by atoms with Crippen LogP contribution >= 0.6 is 0 Å². The minimum absolute atomic E-state index is 0.157. The Kier molecular flexibility index (Phi) is 3.72. The van der Waals surface area contributed by atoms with Gasteiger partial charge in [0.2, 0.25) is 0 Å². The largest absolute Gasteiger partial charge is 0.505 e. The molecule has 0 fully saturated rings. The van der Waals surface area contributed by atoms with Crippen LogP contribution in [0.4, 0.5) is 5.69 Å². The number of nitrogens with two attached hydrogens (primary N) is 1. The summed E-state index contributed by atoms with van der Waals surface area (Å²) in [6, 6.07) is 13.4. The number of aryl methyl sites for hydroxylation is 1. The van der Waals surface area contributed by atoms with Crippen LogP contribution in [0.5, 0.6) is 11.5 Å². The summed E-state index contributed by atoms with van der Waals surface area (Å²) in [4.78, 5) is 0. The summed E-state index contributed by atoms with van der Waals surface area (Å²) in [5.41, 5.74) is 8.00. The van der Waals surface area contributed by atoms with Crippen LogP contribution in [0.3, 0.4) is 0 Å². The lowest BCUT2D eigenvalue weighted by Gasteiger charge is -2.11. The first-order valence-electron chi connectivity index (χ1n) is 5.98. The minimum Gasteiger partial charge on any atom is -0.505 e. The Morgan fingerprint density at radius 2 is 1.89 bits per heavy atom. The molecule has 0 aliphatic carbocycles. The van der Waals surface area contributed by atoms with Gasteiger partial charge in [0.25, 0.3) is 0 Å². The zero-order valence-corrected chi connectivity index (χ0v) is 10.4. The topological polar surface area (TPSA) is 55.5 Å². The van der Waals surface area contributed by atoms with Crippen molar-refractivity contribution in [1.82, 2.24) is 0 Å². The second kappa shape index (κ2) is 5.45. The van der Waals surface area contributed by atoms with Gasteiger partial charge in [-0.2, -0.15) is 0 Å². The number of hydrogen-bond donors (Lipinski definition) is 2. The predicted molar refractivity (Wildman–Crippen MR) is 72.7 cm³/mol. The lowest BCUT2D eigenvalue weighted by molar-refractivity contribution is 0.305. The summed E-state index contributed by atoms with van der Waals surface area (Å²) in [6.45, 7) is 2.46. The summed E-state index contributed by atoms with van der Waals surface area (Å²) in [5, 5.41) is 9.73. The molecule has 2 rings (SSSR count). The molecule has 3 heteroatoms. The third-order valence-corrected chi connectivity index (χ3v) is 2.82. The van der Waals surface area contributed by atoms with E-state index < -0.39 is 0 Å². The number of benzene rings is 2. The molecule has 0 unspecified atom stereocenters. The Labute approximate surface area is 107 Å². The smallest absolute Gasteiger partial charge is 0.141 e. The Bertz CT molecular complexity index is 524. The SMILES string of the molecule is CCc1cc(OCc2ccccc2)cc(N)c1O. The molecule has 94 valence electrons. The fourth-order valence-corrected chi connectivity index (χ4v) is 1.78. The maximum atomic E-state index is 9.73. The van der Waals surface area contributed by atoms with Crippen molar-refractivity contribution < 1.29 is 9.84 Å². The highest BCUT2D eigenvalue weighted by Crippen LogP contribution is 2.31. The van der Waals surface area contributed by atoms with Gasteiger partial charge in [0, 0.05) is 6.07 Å². The molecule has 0 atom stereocenters. The van der Waals surface area contributed by atoms with Crippen LogP contribution in [0, 0.1) is 0 Å². The molecule has 2 aromatic carbocycles. The van der Waals surface area contributed by atoms with Gasteiger partial charge < -0.3 is 15.6 Å². The van der Waals surface area contributed by atoms with Gasteiger partial charge in [-0.3, -0.25) is 0 Å². The molecule has 0 radical (unpaired) electrons. The second-order valence-corrected chi connectivity index (χ2v) is 4.15. The van der Waals surface area contributed by atoms with Crippen LogP contribution in [0.25, 0.3) is 0 Å². The van der Waals surface area contributed by atoms with Crippen molar-refractivity contribution >= 4 is 5.69 Å². The van der Waals surface area contributed by atoms with E-state index in [-0.39, 0.29) is 5.75 Å². The summed E-state index contributed by atoms with van der Waals surface area (Å²) in [7, 11) is 0. The Hall–Kier alpha value is -2.16. The van der Waals surface area contributed by atoms with Gasteiger partial charge in [-0.15, -0.1) is 0 Å². The number of hydrogen-bond acceptors (Lipinski definition) is 3. The first-order valence-corrected chi connectivity index (χ1v) is 5.98. The Morgan fingerprint density at radius 3 is 2.56 bits per heavy atom. The van der Waals surface area contributed by atoms with Gasteiger partial charge in [-0.1, -0.05) is 37.3 Å². The average molecular weight is 243 g/mol. The van der Waals surface area contributed by atoms with E-state index >= 15 is 0 Å². The maximum absolute atomic E-state index is 9.73. The Morgan fingerprint density at radius 1 is 1.17 bits per heavy atom. The number of anilines is 1. The quantitative estimate of drug-likeness (QED) is 0.640. The van der Waals surface area contributed by atoms with Gasteiger partial charge in [0.15, 0.2) is 0 Å². The molecule has 18 heavy (non-hydrogen) atoms. The third kappa shape index (κ3) is 2.74. The Balaban J connectivity index is 2.13. The van der Waals surface area contributed by atoms with E-state index in [0.29, 0.717) is 18.0 Å². The van der Waals surface area contributed by atoms with Crippen molar-refractivity contribution in [2.24, 2.45) is 0 Å². The van der Waals surface area contributed by atoms with Gasteiger partial charge in [0.05, 0.1) is 5.69 Å². The molecule has 2 aromatic rings. The van der Waals surface area contributed by atoms with Crippen molar-refractivity contribution in [2.75, 3.05) is 5.73 Å². The molecule has 0 spiro atoms. The molecule has 3 N–H and O–H groups in total. The number of ether oxygens (including phenoxy) is 1. The van der Waals surface area contributed by atoms with Gasteiger partial charge in [-0.05, 0) is 23.6 Å². The fourth-order valence-electron chi connectivity index (χ4n) is 1.78. The first-order chi connectivity index (χ1) is 8.70. The number of nitrogen functional groups attached to an aromatic ring is 1. The van der Waals surface area contributed by atoms with Crippen molar-refractivity contribution in [2.45, 2.75) is 20.0 Å². The van der Waals surface area contributed by atoms with Crippen LogP contribution in [-0.4, -0.2) is 5.11 Å². The standard InChI is InChI=1S/C15H17NO2/c1-2-12-8-13(9-14(16)15(12)17)18-10-11-6-4-3-5-7-11/h3-9,17H,2,10,16H2,1H3. The van der Waals surface area contributed by atoms with Crippen LogP contribution in [0.1, 0.15) is 18.1 Å². The zero-order valence-electron chi connectivity index (χ0n) is 10.4. The van der Waals surface area contributed by atoms with E-state index in [4.69, 9.17) is 10.5 Å². The molecular weight excluding hydrogens is 226 g/mol. The molecule has 0 aliphatic rings. The van der Waals surface area contributed by atoms with Gasteiger partial charge in [-0.25, -0.2) is 0 Å². The lowest BCUT2D eigenvalue weighted by Crippen LogP contribution is -1.98. The van der Waals surface area contributed by atoms with E-state index in [2.05, 4.69) is 0 Å². The summed E-state index contributed by atoms with van der Waals surface area (Å²) < 4.78 is 5.68. The van der Waals surface area contributed by atoms with Gasteiger partial charge in [0.1, 0.15) is 18.1 Å².